The van der Waals surface area contributed by atoms with Crippen LogP contribution >= 0.6 is 0 Å². The lowest BCUT2D eigenvalue weighted by molar-refractivity contribution is 0.348. The van der Waals surface area contributed by atoms with Crippen molar-refractivity contribution in [1.82, 2.24) is 11.1 Å². The molecule has 2 rings (SSSR count). The Kier molecular flexibility index (Phi) is 2.19. The Morgan fingerprint density at radius 3 is 3.00 bits per heavy atom. The van der Waals surface area contributed by atoms with Crippen LogP contribution in [0.2, 0.25) is 0 Å². The average molecular weight is 151 g/mol. The van der Waals surface area contributed by atoms with Gasteiger partial charge >= 0.3 is 0 Å². The van der Waals surface area contributed by atoms with Gasteiger partial charge in [0.15, 0.2) is 0 Å². The molecule has 1 aromatic heterocycles. The third-order valence-corrected chi connectivity index (χ3v) is 1.84. The van der Waals surface area contributed by atoms with E-state index in [1.165, 1.54) is 0 Å². The fourth-order valence-electron chi connectivity index (χ4n) is 1.36. The average Bonchev–Trinajstić information content (AvgIpc) is 2.27. The van der Waals surface area contributed by atoms with E-state index in [-0.39, 0.29) is 6.15 Å². The summed E-state index contributed by atoms with van der Waals surface area (Å²) in [5.41, 5.74) is 2.02. The normalized spacial score (nSPS) is 20.6. The number of halogens is 1. The van der Waals surface area contributed by atoms with Gasteiger partial charge in [-0.1, -0.05) is 6.07 Å². The molecule has 0 N–H and O–H groups in total. The highest BCUT2D eigenvalue weighted by Gasteiger charge is 2.20. The van der Waals surface area contributed by atoms with E-state index in [0.717, 1.165) is 11.3 Å². The molecule has 0 aliphatic heterocycles. The maximum absolute atomic E-state index is 12.7. The fourth-order valence-corrected chi connectivity index (χ4v) is 1.36. The minimum absolute atomic E-state index is 0. The second kappa shape index (κ2) is 2.96. The standard InChI is InChI=1S/C8H8FN.N/c9-7-4-6-2-1-3-10-8(6)5-7;/h1-3,7H,4-5H2;. The quantitative estimate of drug-likeness (QED) is 0.546. The zero-order chi connectivity index (χ0) is 6.97. The summed E-state index contributed by atoms with van der Waals surface area (Å²) >= 11 is 0. The minimum Gasteiger partial charge on any atom is -0.261 e. The van der Waals surface area contributed by atoms with E-state index < -0.39 is 6.17 Å². The van der Waals surface area contributed by atoms with Gasteiger partial charge in [-0.25, -0.2) is 4.39 Å². The molecule has 57 valence electrons. The van der Waals surface area contributed by atoms with E-state index in [1.54, 1.807) is 6.20 Å². The molecule has 1 aromatic rings. The van der Waals surface area contributed by atoms with Gasteiger partial charge in [0.2, 0.25) is 0 Å². The highest BCUT2D eigenvalue weighted by molar-refractivity contribution is 5.26. The molecule has 2 nitrogen and oxygen atoms in total. The lowest BCUT2D eigenvalue weighted by Crippen LogP contribution is -1.96. The smallest absolute Gasteiger partial charge is 0.110 e. The highest BCUT2D eigenvalue weighted by atomic mass is 19.1. The van der Waals surface area contributed by atoms with Crippen LogP contribution in [-0.2, 0) is 12.8 Å². The first kappa shape index (κ1) is 8.14. The van der Waals surface area contributed by atoms with Crippen molar-refractivity contribution in [3.05, 3.63) is 29.6 Å². The lowest BCUT2D eigenvalue weighted by Gasteiger charge is -1.91. The molecule has 0 bridgehead atoms. The number of rotatable bonds is 0. The van der Waals surface area contributed by atoms with Crippen molar-refractivity contribution in [1.29, 1.82) is 0 Å². The van der Waals surface area contributed by atoms with Crippen LogP contribution < -0.4 is 6.15 Å². The first-order valence-electron chi connectivity index (χ1n) is 3.43. The van der Waals surface area contributed by atoms with E-state index in [9.17, 15) is 4.39 Å². The van der Waals surface area contributed by atoms with Gasteiger partial charge in [-0.05, 0) is 11.6 Å². The molecule has 0 spiro atoms. The van der Waals surface area contributed by atoms with Crippen molar-refractivity contribution in [3.8, 4) is 0 Å². The van der Waals surface area contributed by atoms with Crippen molar-refractivity contribution in [3.63, 3.8) is 0 Å². The van der Waals surface area contributed by atoms with E-state index in [2.05, 4.69) is 4.98 Å². The molecule has 0 amide bonds. The van der Waals surface area contributed by atoms with Gasteiger partial charge in [0, 0.05) is 30.9 Å². The number of hydrogen-bond acceptors (Lipinski definition) is 1. The second-order valence-electron chi connectivity index (χ2n) is 2.61. The van der Waals surface area contributed by atoms with E-state index in [1.807, 2.05) is 12.1 Å². The van der Waals surface area contributed by atoms with Gasteiger partial charge in [0.1, 0.15) is 6.17 Å². The number of nitrogens with zero attached hydrogens (tertiary/aromatic N) is 2. The number of aromatic nitrogens is 1. The molecule has 3 radical (unpaired) electrons. The number of hydrogen-bond donors (Lipinski definition) is 0. The monoisotopic (exact) mass is 151 g/mol. The van der Waals surface area contributed by atoms with Gasteiger partial charge in [-0.15, -0.1) is 0 Å². The Balaban J connectivity index is 0.000000605. The van der Waals surface area contributed by atoms with E-state index >= 15 is 0 Å². The molecular formula is C8H8FN2. The van der Waals surface area contributed by atoms with Gasteiger partial charge in [-0.3, -0.25) is 4.98 Å². The third-order valence-electron chi connectivity index (χ3n) is 1.84. The predicted octanol–water partition coefficient (Wildman–Crippen LogP) is 1.04. The molecule has 1 aliphatic rings. The maximum atomic E-state index is 12.7. The van der Waals surface area contributed by atoms with Crippen molar-refractivity contribution >= 4 is 0 Å². The summed E-state index contributed by atoms with van der Waals surface area (Å²) < 4.78 is 12.7. The first-order valence-corrected chi connectivity index (χ1v) is 3.43. The molecule has 1 heterocycles. The lowest BCUT2D eigenvalue weighted by atomic mass is 10.2. The fraction of sp³-hybridized carbons (Fsp3) is 0.375. The number of alkyl halides is 1. The van der Waals surface area contributed by atoms with E-state index in [0.29, 0.717) is 12.8 Å². The van der Waals surface area contributed by atoms with Gasteiger partial charge in [0.05, 0.1) is 0 Å². The molecule has 0 saturated heterocycles. The molecule has 0 saturated carbocycles. The van der Waals surface area contributed by atoms with Crippen molar-refractivity contribution < 1.29 is 4.39 Å². The summed E-state index contributed by atoms with van der Waals surface area (Å²) in [6.07, 6.45) is 2.10. The predicted molar refractivity (Wildman–Crippen MR) is 38.7 cm³/mol. The van der Waals surface area contributed by atoms with Crippen LogP contribution in [0.3, 0.4) is 0 Å². The minimum atomic E-state index is -0.690. The Bertz CT molecular complexity index is 225. The van der Waals surface area contributed by atoms with Crippen LogP contribution in [0.25, 0.3) is 0 Å². The molecule has 11 heavy (non-hydrogen) atoms. The van der Waals surface area contributed by atoms with Crippen LogP contribution in [0.4, 0.5) is 4.39 Å². The van der Waals surface area contributed by atoms with Crippen molar-refractivity contribution in [2.45, 2.75) is 19.0 Å². The molecule has 0 fully saturated rings. The summed E-state index contributed by atoms with van der Waals surface area (Å²) in [6.45, 7) is 0. The largest absolute Gasteiger partial charge is 0.261 e. The summed E-state index contributed by atoms with van der Waals surface area (Å²) in [5.74, 6) is 0. The van der Waals surface area contributed by atoms with Crippen LogP contribution in [-0.4, -0.2) is 11.2 Å². The summed E-state index contributed by atoms with van der Waals surface area (Å²) in [6, 6.07) is 3.80. The SMILES string of the molecule is FC1Cc2cccnc2C1.[N]. The van der Waals surface area contributed by atoms with Crippen LogP contribution in [0.1, 0.15) is 11.3 Å². The van der Waals surface area contributed by atoms with Crippen LogP contribution in [0.5, 0.6) is 0 Å². The van der Waals surface area contributed by atoms with Crippen molar-refractivity contribution in [2.24, 2.45) is 0 Å². The summed E-state index contributed by atoms with van der Waals surface area (Å²) in [5, 5.41) is 0. The van der Waals surface area contributed by atoms with Gasteiger partial charge in [-0.2, -0.15) is 0 Å². The van der Waals surface area contributed by atoms with Crippen molar-refractivity contribution in [2.75, 3.05) is 0 Å². The Hall–Kier alpha value is -0.960. The Labute approximate surface area is 65.0 Å². The zero-order valence-electron chi connectivity index (χ0n) is 6.00. The van der Waals surface area contributed by atoms with Crippen LogP contribution in [0, 0.1) is 0 Å². The highest BCUT2D eigenvalue weighted by Crippen LogP contribution is 2.21. The molecule has 1 aliphatic carbocycles. The molecule has 0 aromatic carbocycles. The maximum Gasteiger partial charge on any atom is 0.110 e. The molecular weight excluding hydrogens is 143 g/mol. The first-order chi connectivity index (χ1) is 4.86. The molecule has 1 unspecified atom stereocenters. The van der Waals surface area contributed by atoms with Crippen LogP contribution in [0.15, 0.2) is 18.3 Å². The van der Waals surface area contributed by atoms with Gasteiger partial charge < -0.3 is 0 Å². The Morgan fingerprint density at radius 2 is 2.27 bits per heavy atom. The third kappa shape index (κ3) is 1.38. The Morgan fingerprint density at radius 1 is 1.45 bits per heavy atom. The summed E-state index contributed by atoms with van der Waals surface area (Å²) in [4.78, 5) is 4.07. The zero-order valence-corrected chi connectivity index (χ0v) is 6.00. The van der Waals surface area contributed by atoms with Gasteiger partial charge in [0.25, 0.3) is 0 Å². The summed E-state index contributed by atoms with van der Waals surface area (Å²) in [7, 11) is 0. The second-order valence-corrected chi connectivity index (χ2v) is 2.61. The molecule has 3 heteroatoms. The van der Waals surface area contributed by atoms with E-state index in [4.69, 9.17) is 0 Å². The number of pyridine rings is 1. The topological polar surface area (TPSA) is 43.4 Å². The number of fused-ring (bicyclic) bond motifs is 1. The molecule has 1 atom stereocenters.